The fourth-order valence-corrected chi connectivity index (χ4v) is 2.48. The van der Waals surface area contributed by atoms with E-state index in [1.54, 1.807) is 12.7 Å². The minimum absolute atomic E-state index is 0.867. The van der Waals surface area contributed by atoms with Crippen molar-refractivity contribution in [2.75, 3.05) is 4.93 Å². The Bertz CT molecular complexity index is 148. The molecule has 0 saturated carbocycles. The van der Waals surface area contributed by atoms with Gasteiger partial charge in [-0.3, -0.25) is 0 Å². The van der Waals surface area contributed by atoms with E-state index in [0.717, 1.165) is 0 Å². The van der Waals surface area contributed by atoms with Gasteiger partial charge in [-0.15, -0.1) is 0 Å². The summed E-state index contributed by atoms with van der Waals surface area (Å²) in [6.07, 6.45) is 3.55. The number of halogens is 2. The molecule has 0 N–H and O–H groups in total. The van der Waals surface area contributed by atoms with Crippen LogP contribution >= 0.6 is 34.7 Å². The fourth-order valence-electron chi connectivity index (χ4n) is 0.308. The summed E-state index contributed by atoms with van der Waals surface area (Å²) in [4.78, 5) is 2.23. The zero-order chi connectivity index (χ0) is 5.98. The van der Waals surface area contributed by atoms with Crippen LogP contribution in [0, 0.1) is 0 Å². The van der Waals surface area contributed by atoms with Crippen LogP contribution in [-0.2, 0) is 0 Å². The molecule has 0 aromatic carbocycles. The quantitative estimate of drug-likeness (QED) is 0.575. The first kappa shape index (κ1) is 6.72. The van der Waals surface area contributed by atoms with E-state index < -0.39 is 16.1 Å². The van der Waals surface area contributed by atoms with Crippen LogP contribution in [0.4, 0.5) is 0 Å². The number of nitrogens with zero attached hydrogens (tertiary/aromatic N) is 3. The van der Waals surface area contributed by atoms with E-state index in [1.807, 2.05) is 0 Å². The summed E-state index contributed by atoms with van der Waals surface area (Å²) in [5.41, 5.74) is 0. The molecule has 0 fully saturated rings. The zero-order valence-electron chi connectivity index (χ0n) is 4.25. The van der Waals surface area contributed by atoms with E-state index in [9.17, 15) is 0 Å². The van der Waals surface area contributed by atoms with Crippen LogP contribution < -0.4 is 0 Å². The Kier molecular flexibility index (Phi) is 2.47. The Hall–Kier alpha value is 0.600. The van der Waals surface area contributed by atoms with E-state index >= 15 is 0 Å². The van der Waals surface area contributed by atoms with Crippen molar-refractivity contribution in [3.63, 3.8) is 0 Å². The van der Waals surface area contributed by atoms with Crippen LogP contribution in [0.2, 0.25) is 0 Å². The van der Waals surface area contributed by atoms with Gasteiger partial charge in [0.05, 0.1) is 0 Å². The molecule has 0 saturated heterocycles. The predicted octanol–water partition coefficient (Wildman–Crippen LogP) is 1.53. The molecule has 0 aliphatic carbocycles. The van der Waals surface area contributed by atoms with E-state index in [-0.39, 0.29) is 0 Å². The summed E-state index contributed by atoms with van der Waals surface area (Å²) in [5.74, 6) is 0. The minimum atomic E-state index is -0.867. The van der Waals surface area contributed by atoms with Crippen LogP contribution in [-0.4, -0.2) is 17.9 Å². The first-order valence-electron chi connectivity index (χ1n) is 1.92. The monoisotopic (exact) mass is 337 g/mol. The van der Waals surface area contributed by atoms with E-state index in [4.69, 9.17) is 0 Å². The van der Waals surface area contributed by atoms with Gasteiger partial charge in [0, 0.05) is 0 Å². The van der Waals surface area contributed by atoms with Crippen molar-refractivity contribution in [3.8, 4) is 0 Å². The Morgan fingerprint density at radius 3 is 2.25 bits per heavy atom. The Labute approximate surface area is 64.8 Å². The average Bonchev–Trinajstić information content (AvgIpc) is 2.12. The predicted molar refractivity (Wildman–Crippen MR) is 49.4 cm³/mol. The molecule has 1 aromatic heterocycles. The third-order valence-electron chi connectivity index (χ3n) is 0.660. The topological polar surface area (TPSA) is 30.7 Å². The van der Waals surface area contributed by atoms with Gasteiger partial charge in [0.1, 0.15) is 0 Å². The molecule has 0 unspecified atom stereocenters. The molecule has 0 aliphatic heterocycles. The number of rotatable bonds is 1. The molecule has 5 heteroatoms. The standard InChI is InChI=1S/C3H5I2N3/c1-5(4)8-2-6-7-3-8/h2-3H,1H3. The zero-order valence-corrected chi connectivity index (χ0v) is 8.57. The number of hydrogen-bond donors (Lipinski definition) is 0. The average molecular weight is 337 g/mol. The second kappa shape index (κ2) is 2.95. The molecule has 0 bridgehead atoms. The SMILES string of the molecule is CI(I)n1cnnc1. The normalized spacial score (nSPS) is 11.5. The van der Waals surface area contributed by atoms with Crippen LogP contribution in [0.1, 0.15) is 0 Å². The molecule has 0 radical (unpaired) electrons. The summed E-state index contributed by atoms with van der Waals surface area (Å²) in [6, 6.07) is 0. The molecule has 0 spiro atoms. The Balaban J connectivity index is 2.77. The molecule has 46 valence electrons. The van der Waals surface area contributed by atoms with Crippen molar-refractivity contribution < 1.29 is 0 Å². The molecule has 8 heavy (non-hydrogen) atoms. The van der Waals surface area contributed by atoms with Crippen LogP contribution in [0.25, 0.3) is 0 Å². The van der Waals surface area contributed by atoms with Crippen molar-refractivity contribution in [1.29, 1.82) is 0 Å². The molecule has 1 aromatic rings. The Morgan fingerprint density at radius 2 is 2.00 bits per heavy atom. The maximum absolute atomic E-state index is 3.69. The summed E-state index contributed by atoms with van der Waals surface area (Å²) < 4.78 is 2.09. The second-order valence-electron chi connectivity index (χ2n) is 1.18. The molecular formula is C3H5I2N3. The molecule has 0 amide bonds. The summed E-state index contributed by atoms with van der Waals surface area (Å²) in [6.45, 7) is 0. The van der Waals surface area contributed by atoms with Crippen molar-refractivity contribution in [2.24, 2.45) is 0 Å². The molecule has 0 atom stereocenters. The van der Waals surface area contributed by atoms with Crippen molar-refractivity contribution in [3.05, 3.63) is 12.7 Å². The van der Waals surface area contributed by atoms with Gasteiger partial charge in [-0.05, 0) is 0 Å². The summed E-state index contributed by atoms with van der Waals surface area (Å²) in [7, 11) is 0. The van der Waals surface area contributed by atoms with Crippen LogP contribution in [0.15, 0.2) is 12.7 Å². The first-order valence-corrected chi connectivity index (χ1v) is 11.3. The number of hydrogen-bond acceptors (Lipinski definition) is 2. The van der Waals surface area contributed by atoms with Gasteiger partial charge in [0.2, 0.25) is 0 Å². The van der Waals surface area contributed by atoms with Gasteiger partial charge in [0.15, 0.2) is 0 Å². The molecule has 1 rings (SSSR count). The maximum atomic E-state index is 3.69. The third kappa shape index (κ3) is 1.54. The fraction of sp³-hybridized carbons (Fsp3) is 0.333. The third-order valence-corrected chi connectivity index (χ3v) is 5.52. The Morgan fingerprint density at radius 1 is 1.50 bits per heavy atom. The first-order chi connectivity index (χ1) is 3.80. The summed E-state index contributed by atoms with van der Waals surface area (Å²) >= 11 is 1.58. The van der Waals surface area contributed by atoms with Crippen molar-refractivity contribution in [2.45, 2.75) is 0 Å². The number of alkyl halides is 1. The summed E-state index contributed by atoms with van der Waals surface area (Å²) in [5, 5.41) is 7.38. The van der Waals surface area contributed by atoms with Gasteiger partial charge in [0.25, 0.3) is 0 Å². The van der Waals surface area contributed by atoms with Gasteiger partial charge in [-0.1, -0.05) is 0 Å². The van der Waals surface area contributed by atoms with Crippen LogP contribution in [0.3, 0.4) is 0 Å². The van der Waals surface area contributed by atoms with Crippen molar-refractivity contribution in [1.82, 2.24) is 13.0 Å². The number of aromatic nitrogens is 3. The molecule has 1 heterocycles. The van der Waals surface area contributed by atoms with Gasteiger partial charge in [-0.2, -0.15) is 0 Å². The van der Waals surface area contributed by atoms with E-state index in [1.165, 1.54) is 0 Å². The van der Waals surface area contributed by atoms with Crippen molar-refractivity contribution >= 4 is 34.7 Å². The second-order valence-corrected chi connectivity index (χ2v) is 12.4. The van der Waals surface area contributed by atoms with Gasteiger partial charge < -0.3 is 0 Å². The van der Waals surface area contributed by atoms with E-state index in [2.05, 4.69) is 36.5 Å². The van der Waals surface area contributed by atoms with Gasteiger partial charge >= 0.3 is 65.3 Å². The molecule has 0 aliphatic rings. The van der Waals surface area contributed by atoms with Gasteiger partial charge in [-0.25, -0.2) is 0 Å². The molecular weight excluding hydrogens is 332 g/mol. The molecule has 3 nitrogen and oxygen atoms in total. The van der Waals surface area contributed by atoms with E-state index in [0.29, 0.717) is 0 Å². The van der Waals surface area contributed by atoms with Crippen LogP contribution in [0.5, 0.6) is 0 Å².